The lowest BCUT2D eigenvalue weighted by Gasteiger charge is -2.29. The third-order valence-corrected chi connectivity index (χ3v) is 5.95. The lowest BCUT2D eigenvalue weighted by molar-refractivity contribution is -0.127. The molecular weight excluding hydrogens is 340 g/mol. The number of amides is 1. The lowest BCUT2D eigenvalue weighted by atomic mass is 9.96. The van der Waals surface area contributed by atoms with Gasteiger partial charge in [0.2, 0.25) is 5.91 Å². The number of carbonyl (C=O) groups excluding carboxylic acids is 1. The molecule has 3 heterocycles. The summed E-state index contributed by atoms with van der Waals surface area (Å²) in [5.74, 6) is 2.20. The van der Waals surface area contributed by atoms with E-state index in [-0.39, 0.29) is 17.9 Å². The van der Waals surface area contributed by atoms with Gasteiger partial charge in [-0.05, 0) is 53.8 Å². The van der Waals surface area contributed by atoms with Gasteiger partial charge in [-0.15, -0.1) is 10.2 Å². The standard InChI is InChI=1S/C20H34N6O/c1-5-15(2)14-25-11-8-18-22-23-19(26(18)13-12-25)16(3)21-20(27)17-6-9-24(4)10-7-17/h5,16-17H,6-14H2,1-4H3,(H,21,27)/b15-5+/t16-/m1/s1. The van der Waals surface area contributed by atoms with Crippen LogP contribution in [0.25, 0.3) is 0 Å². The van der Waals surface area contributed by atoms with Gasteiger partial charge in [-0.2, -0.15) is 0 Å². The Balaban J connectivity index is 1.60. The van der Waals surface area contributed by atoms with E-state index in [0.717, 1.165) is 70.2 Å². The maximum atomic E-state index is 12.7. The summed E-state index contributed by atoms with van der Waals surface area (Å²) < 4.78 is 2.21. The third-order valence-electron chi connectivity index (χ3n) is 5.95. The van der Waals surface area contributed by atoms with Gasteiger partial charge >= 0.3 is 0 Å². The smallest absolute Gasteiger partial charge is 0.223 e. The van der Waals surface area contributed by atoms with E-state index in [4.69, 9.17) is 0 Å². The van der Waals surface area contributed by atoms with Gasteiger partial charge in [-0.25, -0.2) is 0 Å². The summed E-state index contributed by atoms with van der Waals surface area (Å²) in [5, 5.41) is 12.0. The zero-order valence-corrected chi connectivity index (χ0v) is 17.2. The van der Waals surface area contributed by atoms with E-state index in [1.807, 2.05) is 6.92 Å². The Bertz CT molecular complexity index is 674. The van der Waals surface area contributed by atoms with Crippen LogP contribution in [-0.2, 0) is 17.8 Å². The Labute approximate surface area is 162 Å². The monoisotopic (exact) mass is 374 g/mol. The summed E-state index contributed by atoms with van der Waals surface area (Å²) in [6, 6.07) is -0.109. The highest BCUT2D eigenvalue weighted by Gasteiger charge is 2.27. The highest BCUT2D eigenvalue weighted by Crippen LogP contribution is 2.20. The summed E-state index contributed by atoms with van der Waals surface area (Å²) >= 11 is 0. The molecule has 0 spiro atoms. The molecule has 0 unspecified atom stereocenters. The molecule has 7 heteroatoms. The van der Waals surface area contributed by atoms with Crippen LogP contribution in [0.5, 0.6) is 0 Å². The molecule has 0 aliphatic carbocycles. The number of likely N-dealkylation sites (tertiary alicyclic amines) is 1. The minimum Gasteiger partial charge on any atom is -0.346 e. The molecule has 1 aromatic rings. The number of hydrogen-bond donors (Lipinski definition) is 1. The predicted octanol–water partition coefficient (Wildman–Crippen LogP) is 1.62. The molecule has 1 aromatic heterocycles. The molecule has 1 amide bonds. The number of nitrogens with zero attached hydrogens (tertiary/aromatic N) is 5. The first kappa shape index (κ1) is 20.0. The Morgan fingerprint density at radius 3 is 2.67 bits per heavy atom. The fourth-order valence-electron chi connectivity index (χ4n) is 3.98. The number of aromatic nitrogens is 3. The van der Waals surface area contributed by atoms with Crippen LogP contribution in [0.15, 0.2) is 11.6 Å². The summed E-state index contributed by atoms with van der Waals surface area (Å²) in [6.45, 7) is 12.2. The van der Waals surface area contributed by atoms with Gasteiger partial charge in [0.1, 0.15) is 5.82 Å². The van der Waals surface area contributed by atoms with Crippen molar-refractivity contribution >= 4 is 5.91 Å². The van der Waals surface area contributed by atoms with Gasteiger partial charge in [0.15, 0.2) is 5.82 Å². The minimum atomic E-state index is -0.109. The van der Waals surface area contributed by atoms with E-state index < -0.39 is 0 Å². The van der Waals surface area contributed by atoms with Gasteiger partial charge < -0.3 is 14.8 Å². The quantitative estimate of drug-likeness (QED) is 0.794. The van der Waals surface area contributed by atoms with Gasteiger partial charge in [-0.1, -0.05) is 11.6 Å². The maximum absolute atomic E-state index is 12.7. The van der Waals surface area contributed by atoms with E-state index in [1.54, 1.807) is 0 Å². The fraction of sp³-hybridized carbons (Fsp3) is 0.750. The number of piperidine rings is 1. The van der Waals surface area contributed by atoms with Gasteiger partial charge in [0.25, 0.3) is 0 Å². The minimum absolute atomic E-state index is 0.109. The van der Waals surface area contributed by atoms with E-state index in [1.165, 1.54) is 5.57 Å². The van der Waals surface area contributed by atoms with Gasteiger partial charge in [0, 0.05) is 38.5 Å². The molecule has 1 N–H and O–H groups in total. The molecule has 3 rings (SSSR count). The van der Waals surface area contributed by atoms with Crippen molar-refractivity contribution in [3.8, 4) is 0 Å². The first-order valence-corrected chi connectivity index (χ1v) is 10.2. The molecule has 0 saturated carbocycles. The molecule has 2 aliphatic rings. The molecule has 1 atom stereocenters. The Morgan fingerprint density at radius 1 is 1.22 bits per heavy atom. The first-order valence-electron chi connectivity index (χ1n) is 10.2. The van der Waals surface area contributed by atoms with E-state index >= 15 is 0 Å². The van der Waals surface area contributed by atoms with Crippen molar-refractivity contribution in [1.29, 1.82) is 0 Å². The lowest BCUT2D eigenvalue weighted by Crippen LogP contribution is -2.40. The molecule has 7 nitrogen and oxygen atoms in total. The van der Waals surface area contributed by atoms with Crippen molar-refractivity contribution in [3.05, 3.63) is 23.3 Å². The molecule has 0 radical (unpaired) electrons. The normalized spacial score (nSPS) is 21.6. The van der Waals surface area contributed by atoms with E-state index in [9.17, 15) is 4.79 Å². The van der Waals surface area contributed by atoms with Crippen LogP contribution in [0.4, 0.5) is 0 Å². The summed E-state index contributed by atoms with van der Waals surface area (Å²) in [5.41, 5.74) is 1.40. The molecule has 150 valence electrons. The third kappa shape index (κ3) is 4.96. The van der Waals surface area contributed by atoms with Gasteiger partial charge in [0.05, 0.1) is 6.04 Å². The van der Waals surface area contributed by atoms with E-state index in [2.05, 4.69) is 56.9 Å². The van der Waals surface area contributed by atoms with Crippen molar-refractivity contribution in [1.82, 2.24) is 29.9 Å². The number of carbonyl (C=O) groups is 1. The van der Waals surface area contributed by atoms with Crippen molar-refractivity contribution in [2.75, 3.05) is 39.8 Å². The van der Waals surface area contributed by atoms with E-state index in [0.29, 0.717) is 0 Å². The second kappa shape index (κ2) is 8.97. The van der Waals surface area contributed by atoms with Crippen LogP contribution >= 0.6 is 0 Å². The SMILES string of the molecule is C/C=C(\C)CN1CCc2nnc([C@@H](C)NC(=O)C3CCN(C)CC3)n2CC1. The van der Waals surface area contributed by atoms with Crippen LogP contribution in [0.2, 0.25) is 0 Å². The van der Waals surface area contributed by atoms with Crippen LogP contribution in [-0.4, -0.2) is 70.2 Å². The second-order valence-electron chi connectivity index (χ2n) is 8.10. The first-order chi connectivity index (χ1) is 13.0. The summed E-state index contributed by atoms with van der Waals surface area (Å²) in [7, 11) is 2.11. The predicted molar refractivity (Wildman–Crippen MR) is 106 cm³/mol. The zero-order chi connectivity index (χ0) is 19.4. The largest absolute Gasteiger partial charge is 0.346 e. The highest BCUT2D eigenvalue weighted by molar-refractivity contribution is 5.79. The number of hydrogen-bond acceptors (Lipinski definition) is 5. The molecule has 1 saturated heterocycles. The number of allylic oxidation sites excluding steroid dienone is 1. The molecular formula is C20H34N6O. The van der Waals surface area contributed by atoms with Crippen molar-refractivity contribution in [3.63, 3.8) is 0 Å². The molecule has 0 bridgehead atoms. The molecule has 0 aromatic carbocycles. The number of rotatable bonds is 5. The maximum Gasteiger partial charge on any atom is 0.223 e. The van der Waals surface area contributed by atoms with Crippen molar-refractivity contribution in [2.24, 2.45) is 5.92 Å². The average molecular weight is 375 g/mol. The van der Waals surface area contributed by atoms with Crippen molar-refractivity contribution < 1.29 is 4.79 Å². The molecule has 27 heavy (non-hydrogen) atoms. The molecule has 1 fully saturated rings. The summed E-state index contributed by atoms with van der Waals surface area (Å²) in [4.78, 5) is 17.4. The number of nitrogens with one attached hydrogen (secondary N) is 1. The highest BCUT2D eigenvalue weighted by atomic mass is 16.2. The Hall–Kier alpha value is -1.73. The Kier molecular flexibility index (Phi) is 6.65. The van der Waals surface area contributed by atoms with Crippen LogP contribution < -0.4 is 5.32 Å². The number of fused-ring (bicyclic) bond motifs is 1. The Morgan fingerprint density at radius 2 is 1.96 bits per heavy atom. The fourth-order valence-corrected chi connectivity index (χ4v) is 3.98. The average Bonchev–Trinajstić information content (AvgIpc) is 2.97. The second-order valence-corrected chi connectivity index (χ2v) is 8.10. The zero-order valence-electron chi connectivity index (χ0n) is 17.2. The topological polar surface area (TPSA) is 66.3 Å². The van der Waals surface area contributed by atoms with Crippen molar-refractivity contribution in [2.45, 2.75) is 52.6 Å². The van der Waals surface area contributed by atoms with Crippen LogP contribution in [0.3, 0.4) is 0 Å². The van der Waals surface area contributed by atoms with Gasteiger partial charge in [-0.3, -0.25) is 9.69 Å². The van der Waals surface area contributed by atoms with Crippen LogP contribution in [0, 0.1) is 5.92 Å². The van der Waals surface area contributed by atoms with Crippen LogP contribution in [0.1, 0.15) is 51.3 Å². The summed E-state index contributed by atoms with van der Waals surface area (Å²) in [6.07, 6.45) is 4.95. The molecule has 2 aliphatic heterocycles.